The number of nitrogens with zero attached hydrogens (tertiary/aromatic N) is 2. The third kappa shape index (κ3) is 5.58. The number of benzene rings is 2. The van der Waals surface area contributed by atoms with E-state index in [-0.39, 0.29) is 10.8 Å². The largest absolute Gasteiger partial charge is 0.370 e. The first kappa shape index (κ1) is 23.8. The number of sulfonamides is 1. The van der Waals surface area contributed by atoms with Crippen LogP contribution in [0.1, 0.15) is 55.5 Å². The molecule has 6 nitrogen and oxygen atoms in total. The minimum absolute atomic E-state index is 0.263. The first-order valence-electron chi connectivity index (χ1n) is 12.1. The van der Waals surface area contributed by atoms with Crippen LogP contribution in [0, 0.1) is 11.8 Å². The minimum atomic E-state index is -3.69. The smallest absolute Gasteiger partial charge is 0.251 e. The second-order valence-electron chi connectivity index (χ2n) is 9.61. The maximum atomic E-state index is 13.7. The van der Waals surface area contributed by atoms with E-state index in [0.717, 1.165) is 50.0 Å². The highest BCUT2D eigenvalue weighted by Gasteiger charge is 2.32. The molecule has 4 rings (SSSR count). The summed E-state index contributed by atoms with van der Waals surface area (Å²) in [4.78, 5) is 15.3. The molecule has 0 bridgehead atoms. The number of amides is 1. The number of anilines is 1. The molecule has 2 heterocycles. The summed E-state index contributed by atoms with van der Waals surface area (Å²) < 4.78 is 29.1. The van der Waals surface area contributed by atoms with E-state index in [0.29, 0.717) is 37.0 Å². The molecular weight excluding hydrogens is 434 g/mol. The Morgan fingerprint density at radius 3 is 2.15 bits per heavy atom. The van der Waals surface area contributed by atoms with Crippen LogP contribution in [-0.2, 0) is 16.6 Å². The van der Waals surface area contributed by atoms with Gasteiger partial charge in [0.1, 0.15) is 4.90 Å². The molecule has 2 aliphatic heterocycles. The van der Waals surface area contributed by atoms with Crippen LogP contribution in [0.2, 0.25) is 0 Å². The van der Waals surface area contributed by atoms with Crippen molar-refractivity contribution in [2.75, 3.05) is 31.1 Å². The summed E-state index contributed by atoms with van der Waals surface area (Å²) in [6.07, 6.45) is 3.82. The van der Waals surface area contributed by atoms with Gasteiger partial charge in [-0.3, -0.25) is 4.79 Å². The van der Waals surface area contributed by atoms with Crippen molar-refractivity contribution in [3.05, 3.63) is 59.7 Å². The zero-order chi connectivity index (χ0) is 23.4. The van der Waals surface area contributed by atoms with Gasteiger partial charge >= 0.3 is 0 Å². The van der Waals surface area contributed by atoms with Gasteiger partial charge in [-0.25, -0.2) is 8.42 Å². The van der Waals surface area contributed by atoms with Crippen molar-refractivity contribution < 1.29 is 13.2 Å². The fourth-order valence-electron chi connectivity index (χ4n) is 4.62. The standard InChI is InChI=1S/C26H35N3O3S/c1-20-10-14-28(15-11-20)24-9-8-23(26(30)27-19-22-6-4-3-5-7-22)18-25(24)33(31,32)29-16-12-21(2)13-17-29/h3-9,18,20-21H,10-17,19H2,1-2H3,(H,27,30). The highest BCUT2D eigenvalue weighted by Crippen LogP contribution is 2.33. The zero-order valence-corrected chi connectivity index (χ0v) is 20.5. The summed E-state index contributed by atoms with van der Waals surface area (Å²) in [5.41, 5.74) is 2.10. The quantitative estimate of drug-likeness (QED) is 0.686. The topological polar surface area (TPSA) is 69.7 Å². The van der Waals surface area contributed by atoms with Crippen molar-refractivity contribution in [2.24, 2.45) is 11.8 Å². The van der Waals surface area contributed by atoms with Crippen LogP contribution >= 0.6 is 0 Å². The van der Waals surface area contributed by atoms with Crippen LogP contribution in [-0.4, -0.2) is 44.8 Å². The molecule has 0 unspecified atom stereocenters. The van der Waals surface area contributed by atoms with Crippen molar-refractivity contribution in [1.82, 2.24) is 9.62 Å². The molecular formula is C26H35N3O3S. The van der Waals surface area contributed by atoms with Crippen molar-refractivity contribution in [3.63, 3.8) is 0 Å². The maximum absolute atomic E-state index is 13.7. The Hall–Kier alpha value is -2.38. The van der Waals surface area contributed by atoms with Crippen molar-refractivity contribution in [1.29, 1.82) is 0 Å². The summed E-state index contributed by atoms with van der Waals surface area (Å²) in [6.45, 7) is 7.54. The number of carbonyl (C=O) groups is 1. The SMILES string of the molecule is CC1CCN(c2ccc(C(=O)NCc3ccccc3)cc2S(=O)(=O)N2CCC(C)CC2)CC1. The molecule has 2 aliphatic rings. The fraction of sp³-hybridized carbons (Fsp3) is 0.500. The van der Waals surface area contributed by atoms with E-state index in [1.54, 1.807) is 16.4 Å². The molecule has 33 heavy (non-hydrogen) atoms. The van der Waals surface area contributed by atoms with Gasteiger partial charge in [-0.2, -0.15) is 4.31 Å². The Kier molecular flexibility index (Phi) is 7.39. The van der Waals surface area contributed by atoms with Crippen LogP contribution in [0.5, 0.6) is 0 Å². The van der Waals surface area contributed by atoms with Gasteiger partial charge < -0.3 is 10.2 Å². The maximum Gasteiger partial charge on any atom is 0.251 e. The molecule has 0 saturated carbocycles. The molecule has 2 saturated heterocycles. The Morgan fingerprint density at radius 2 is 1.52 bits per heavy atom. The second-order valence-corrected chi connectivity index (χ2v) is 11.5. The van der Waals surface area contributed by atoms with E-state index in [2.05, 4.69) is 24.1 Å². The van der Waals surface area contributed by atoms with Gasteiger partial charge in [0.05, 0.1) is 5.69 Å². The Morgan fingerprint density at radius 1 is 0.909 bits per heavy atom. The number of rotatable bonds is 6. The number of nitrogens with one attached hydrogen (secondary N) is 1. The molecule has 2 aromatic rings. The first-order valence-corrected chi connectivity index (χ1v) is 13.5. The average molecular weight is 470 g/mol. The predicted octanol–water partition coefficient (Wildman–Crippen LogP) is 4.27. The lowest BCUT2D eigenvalue weighted by atomic mass is 9.98. The lowest BCUT2D eigenvalue weighted by Gasteiger charge is -2.35. The molecule has 0 radical (unpaired) electrons. The van der Waals surface area contributed by atoms with E-state index < -0.39 is 10.0 Å². The molecule has 0 aromatic heterocycles. The van der Waals surface area contributed by atoms with Crippen molar-refractivity contribution in [3.8, 4) is 0 Å². The lowest BCUT2D eigenvalue weighted by Crippen LogP contribution is -2.40. The number of hydrogen-bond donors (Lipinski definition) is 1. The third-order valence-electron chi connectivity index (χ3n) is 7.00. The van der Waals surface area contributed by atoms with Gasteiger partial charge in [-0.1, -0.05) is 44.2 Å². The van der Waals surface area contributed by atoms with Gasteiger partial charge in [0.2, 0.25) is 10.0 Å². The molecule has 7 heteroatoms. The van der Waals surface area contributed by atoms with Crippen LogP contribution in [0.4, 0.5) is 5.69 Å². The normalized spacial score (nSPS) is 18.9. The summed E-state index contributed by atoms with van der Waals surface area (Å²) >= 11 is 0. The van der Waals surface area contributed by atoms with Gasteiger partial charge in [0.25, 0.3) is 5.91 Å². The lowest BCUT2D eigenvalue weighted by molar-refractivity contribution is 0.0950. The summed E-state index contributed by atoms with van der Waals surface area (Å²) in [5, 5.41) is 2.92. The molecule has 0 aliphatic carbocycles. The Bertz CT molecular complexity index is 1060. The highest BCUT2D eigenvalue weighted by atomic mass is 32.2. The van der Waals surface area contributed by atoms with Crippen molar-refractivity contribution >= 4 is 21.6 Å². The summed E-state index contributed by atoms with van der Waals surface area (Å²) in [5.74, 6) is 0.920. The molecule has 0 atom stereocenters. The van der Waals surface area contributed by atoms with E-state index in [1.807, 2.05) is 36.4 Å². The van der Waals surface area contributed by atoms with E-state index in [9.17, 15) is 13.2 Å². The summed E-state index contributed by atoms with van der Waals surface area (Å²) in [6, 6.07) is 14.9. The van der Waals surface area contributed by atoms with E-state index >= 15 is 0 Å². The van der Waals surface area contributed by atoms with Crippen LogP contribution in [0.3, 0.4) is 0 Å². The number of carbonyl (C=O) groups excluding carboxylic acids is 1. The Balaban J connectivity index is 1.62. The Labute approximate surface area is 198 Å². The van der Waals surface area contributed by atoms with Gasteiger partial charge in [0.15, 0.2) is 0 Å². The number of piperidine rings is 2. The van der Waals surface area contributed by atoms with Gasteiger partial charge in [-0.05, 0) is 61.3 Å². The highest BCUT2D eigenvalue weighted by molar-refractivity contribution is 7.89. The fourth-order valence-corrected chi connectivity index (χ4v) is 6.32. The van der Waals surface area contributed by atoms with Gasteiger partial charge in [-0.15, -0.1) is 0 Å². The summed E-state index contributed by atoms with van der Waals surface area (Å²) in [7, 11) is -3.69. The molecule has 1 N–H and O–H groups in total. The average Bonchev–Trinajstić information content (AvgIpc) is 2.83. The molecule has 178 valence electrons. The minimum Gasteiger partial charge on any atom is -0.370 e. The van der Waals surface area contributed by atoms with Gasteiger partial charge in [0, 0.05) is 38.3 Å². The third-order valence-corrected chi connectivity index (χ3v) is 8.93. The van der Waals surface area contributed by atoms with E-state index in [1.165, 1.54) is 0 Å². The zero-order valence-electron chi connectivity index (χ0n) is 19.7. The van der Waals surface area contributed by atoms with E-state index in [4.69, 9.17) is 0 Å². The van der Waals surface area contributed by atoms with Crippen molar-refractivity contribution in [2.45, 2.75) is 51.0 Å². The monoisotopic (exact) mass is 469 g/mol. The van der Waals surface area contributed by atoms with Crippen LogP contribution in [0.25, 0.3) is 0 Å². The predicted molar refractivity (Wildman–Crippen MR) is 132 cm³/mol. The molecule has 2 fully saturated rings. The molecule has 2 aromatic carbocycles. The van der Waals surface area contributed by atoms with Crippen LogP contribution in [0.15, 0.2) is 53.4 Å². The number of hydrogen-bond acceptors (Lipinski definition) is 4. The van der Waals surface area contributed by atoms with Crippen LogP contribution < -0.4 is 10.2 Å². The molecule has 1 amide bonds. The first-order chi connectivity index (χ1) is 15.8. The second kappa shape index (κ2) is 10.3. The molecule has 0 spiro atoms.